The fourth-order valence-corrected chi connectivity index (χ4v) is 5.78. The highest BCUT2D eigenvalue weighted by Gasteiger charge is 2.63. The summed E-state index contributed by atoms with van der Waals surface area (Å²) in [5.41, 5.74) is 0.905. The Morgan fingerprint density at radius 2 is 1.50 bits per heavy atom. The SMILES string of the molecule is COc1ccc(O[C@@H]2O[C@H](COCc3ccccc3)[C@@H](O[C@@H]3O[C@@H]4C(=O)O[C@H]([C@H]3OC(C)=O)[C@@H]4OC(C)=O)[C@@H]3OC(=O)N[C@@H]23)cc1. The lowest BCUT2D eigenvalue weighted by Crippen LogP contribution is -2.65. The van der Waals surface area contributed by atoms with E-state index in [1.165, 1.54) is 6.92 Å². The molecule has 2 bridgehead atoms. The summed E-state index contributed by atoms with van der Waals surface area (Å²) in [6, 6.07) is 15.4. The first kappa shape index (κ1) is 31.5. The molecule has 46 heavy (non-hydrogen) atoms. The monoisotopic (exact) mass is 643 g/mol. The van der Waals surface area contributed by atoms with E-state index in [2.05, 4.69) is 5.32 Å². The van der Waals surface area contributed by atoms with E-state index in [9.17, 15) is 19.2 Å². The molecule has 15 nitrogen and oxygen atoms in total. The van der Waals surface area contributed by atoms with Crippen molar-refractivity contribution in [2.45, 2.75) is 81.8 Å². The molecule has 0 aromatic heterocycles. The van der Waals surface area contributed by atoms with Crippen LogP contribution < -0.4 is 14.8 Å². The summed E-state index contributed by atoms with van der Waals surface area (Å²) in [6.07, 6.45) is -11.3. The lowest BCUT2D eigenvalue weighted by Gasteiger charge is -2.44. The van der Waals surface area contributed by atoms with Gasteiger partial charge in [0.1, 0.15) is 29.7 Å². The minimum Gasteiger partial charge on any atom is -0.497 e. The number of hydrogen-bond donors (Lipinski definition) is 1. The Labute approximate surface area is 263 Å². The highest BCUT2D eigenvalue weighted by molar-refractivity contribution is 5.80. The van der Waals surface area contributed by atoms with Crippen LogP contribution in [0.5, 0.6) is 11.5 Å². The quantitative estimate of drug-likeness (QED) is 0.275. The molecular weight excluding hydrogens is 610 g/mol. The molecule has 1 N–H and O–H groups in total. The third-order valence-electron chi connectivity index (χ3n) is 7.75. The lowest BCUT2D eigenvalue weighted by atomic mass is 9.96. The Morgan fingerprint density at radius 3 is 2.20 bits per heavy atom. The molecule has 4 aliphatic heterocycles. The van der Waals surface area contributed by atoms with Crippen molar-refractivity contribution in [1.82, 2.24) is 5.32 Å². The standard InChI is InChI=1S/C31H33NO14/c1-15(33)39-24-25-27(40-16(2)34)30(45-26(24)28(35)43-25)44-22-20(14-38-13-17-7-5-4-6-8-17)42-29(21-23(22)46-31(36)32-21)41-19-11-9-18(37-3)10-12-19/h4-12,20-27,29-30H,13-14H2,1-3H3,(H,32,36)/t20-,21-,22-,23-,24+,25+,26+,27-,29-,30-/m1/s1. The van der Waals surface area contributed by atoms with Crippen LogP contribution in [0, 0.1) is 0 Å². The summed E-state index contributed by atoms with van der Waals surface area (Å²) in [6.45, 7) is 2.51. The van der Waals surface area contributed by atoms with Crippen molar-refractivity contribution in [2.75, 3.05) is 13.7 Å². The number of alkyl carbamates (subject to hydrolysis) is 1. The maximum atomic E-state index is 12.7. The van der Waals surface area contributed by atoms with Crippen LogP contribution in [-0.2, 0) is 58.9 Å². The number of amides is 1. The van der Waals surface area contributed by atoms with Crippen LogP contribution in [0.4, 0.5) is 4.79 Å². The van der Waals surface area contributed by atoms with Crippen molar-refractivity contribution in [1.29, 1.82) is 0 Å². The second kappa shape index (κ2) is 13.5. The van der Waals surface area contributed by atoms with Gasteiger partial charge < -0.3 is 52.7 Å². The number of carbonyl (C=O) groups is 4. The summed E-state index contributed by atoms with van der Waals surface area (Å²) in [4.78, 5) is 49.1. The molecule has 0 saturated carbocycles. The number of fused-ring (bicyclic) bond motifs is 3. The fraction of sp³-hybridized carbons (Fsp3) is 0.484. The molecule has 0 unspecified atom stereocenters. The molecular formula is C31H33NO14. The molecule has 0 spiro atoms. The minimum absolute atomic E-state index is 0.0495. The molecule has 0 aliphatic carbocycles. The fourth-order valence-electron chi connectivity index (χ4n) is 5.78. The second-order valence-corrected chi connectivity index (χ2v) is 11.0. The third-order valence-corrected chi connectivity index (χ3v) is 7.75. The van der Waals surface area contributed by atoms with Crippen molar-refractivity contribution in [3.05, 3.63) is 60.2 Å². The Kier molecular flexibility index (Phi) is 9.26. The van der Waals surface area contributed by atoms with Crippen molar-refractivity contribution < 1.29 is 66.5 Å². The average molecular weight is 644 g/mol. The Hall–Kier alpha value is -4.44. The molecule has 2 aromatic rings. The topological polar surface area (TPSA) is 173 Å². The maximum absolute atomic E-state index is 12.7. The highest BCUT2D eigenvalue weighted by atomic mass is 16.8. The zero-order chi connectivity index (χ0) is 32.4. The first-order chi connectivity index (χ1) is 22.2. The summed E-state index contributed by atoms with van der Waals surface area (Å²) in [7, 11) is 1.54. The Bertz CT molecular complexity index is 1420. The summed E-state index contributed by atoms with van der Waals surface area (Å²) in [5.74, 6) is -1.18. The van der Waals surface area contributed by atoms with Crippen LogP contribution in [-0.4, -0.2) is 99.1 Å². The first-order valence-electron chi connectivity index (χ1n) is 14.6. The number of esters is 3. The summed E-state index contributed by atoms with van der Waals surface area (Å²) >= 11 is 0. The van der Waals surface area contributed by atoms with Crippen LogP contribution in [0.15, 0.2) is 54.6 Å². The smallest absolute Gasteiger partial charge is 0.408 e. The molecule has 1 amide bonds. The van der Waals surface area contributed by atoms with E-state index in [4.69, 9.17) is 47.4 Å². The Balaban J connectivity index is 1.27. The van der Waals surface area contributed by atoms with Gasteiger partial charge in [0.05, 0.1) is 20.3 Å². The Morgan fingerprint density at radius 1 is 0.804 bits per heavy atom. The molecule has 0 radical (unpaired) electrons. The number of ether oxygens (including phenoxy) is 10. The summed E-state index contributed by atoms with van der Waals surface area (Å²) < 4.78 is 57.8. The van der Waals surface area contributed by atoms with Gasteiger partial charge >= 0.3 is 24.0 Å². The molecule has 15 heteroatoms. The van der Waals surface area contributed by atoms with Gasteiger partial charge in [-0.1, -0.05) is 30.3 Å². The van der Waals surface area contributed by atoms with Crippen LogP contribution >= 0.6 is 0 Å². The molecule has 4 fully saturated rings. The van der Waals surface area contributed by atoms with E-state index in [0.29, 0.717) is 11.5 Å². The van der Waals surface area contributed by atoms with Crippen molar-refractivity contribution in [3.63, 3.8) is 0 Å². The molecule has 10 atom stereocenters. The predicted octanol–water partition coefficient (Wildman–Crippen LogP) is 1.39. The van der Waals surface area contributed by atoms with E-state index in [1.54, 1.807) is 31.4 Å². The number of hydrogen-bond acceptors (Lipinski definition) is 14. The summed E-state index contributed by atoms with van der Waals surface area (Å²) in [5, 5.41) is 2.71. The van der Waals surface area contributed by atoms with Gasteiger partial charge in [0, 0.05) is 13.8 Å². The molecule has 4 aliphatic rings. The van der Waals surface area contributed by atoms with Gasteiger partial charge in [-0.25, -0.2) is 9.59 Å². The number of carbonyl (C=O) groups excluding carboxylic acids is 4. The van der Waals surface area contributed by atoms with Crippen molar-refractivity contribution in [3.8, 4) is 11.5 Å². The van der Waals surface area contributed by atoms with Gasteiger partial charge in [-0.3, -0.25) is 9.59 Å². The molecule has 4 heterocycles. The van der Waals surface area contributed by atoms with Gasteiger partial charge in [0.25, 0.3) is 0 Å². The lowest BCUT2D eigenvalue weighted by molar-refractivity contribution is -0.321. The molecule has 6 rings (SSSR count). The predicted molar refractivity (Wildman–Crippen MR) is 150 cm³/mol. The van der Waals surface area contributed by atoms with Gasteiger partial charge in [0.2, 0.25) is 6.29 Å². The second-order valence-electron chi connectivity index (χ2n) is 11.0. The van der Waals surface area contributed by atoms with Crippen molar-refractivity contribution >= 4 is 24.0 Å². The highest BCUT2D eigenvalue weighted by Crippen LogP contribution is 2.38. The van der Waals surface area contributed by atoms with Crippen molar-refractivity contribution in [2.24, 2.45) is 0 Å². The van der Waals surface area contributed by atoms with Gasteiger partial charge in [-0.2, -0.15) is 0 Å². The molecule has 2 aromatic carbocycles. The van der Waals surface area contributed by atoms with Crippen LogP contribution in [0.3, 0.4) is 0 Å². The zero-order valence-electron chi connectivity index (χ0n) is 25.1. The van der Waals surface area contributed by atoms with Crippen LogP contribution in [0.1, 0.15) is 19.4 Å². The number of benzene rings is 2. The van der Waals surface area contributed by atoms with E-state index in [-0.39, 0.29) is 13.2 Å². The van der Waals surface area contributed by atoms with Gasteiger partial charge in [0.15, 0.2) is 36.8 Å². The van der Waals surface area contributed by atoms with Crippen LogP contribution in [0.2, 0.25) is 0 Å². The van der Waals surface area contributed by atoms with Gasteiger partial charge in [-0.05, 0) is 29.8 Å². The minimum atomic E-state index is -1.42. The third kappa shape index (κ3) is 6.72. The van der Waals surface area contributed by atoms with E-state index >= 15 is 0 Å². The maximum Gasteiger partial charge on any atom is 0.408 e. The van der Waals surface area contributed by atoms with Crippen LogP contribution in [0.25, 0.3) is 0 Å². The number of rotatable bonds is 11. The van der Waals surface area contributed by atoms with Gasteiger partial charge in [-0.15, -0.1) is 0 Å². The normalized spacial score (nSPS) is 32.8. The number of nitrogens with one attached hydrogen (secondary N) is 1. The zero-order valence-corrected chi connectivity index (χ0v) is 25.1. The molecule has 4 saturated heterocycles. The average Bonchev–Trinajstić information content (AvgIpc) is 3.52. The number of methoxy groups -OCH3 is 1. The van der Waals surface area contributed by atoms with E-state index in [1.807, 2.05) is 30.3 Å². The molecule has 246 valence electrons. The first-order valence-corrected chi connectivity index (χ1v) is 14.6. The largest absolute Gasteiger partial charge is 0.497 e. The van der Waals surface area contributed by atoms with E-state index < -0.39 is 85.4 Å². The van der Waals surface area contributed by atoms with E-state index in [0.717, 1.165) is 12.5 Å².